The zero-order valence-electron chi connectivity index (χ0n) is 18.9. The summed E-state index contributed by atoms with van der Waals surface area (Å²) >= 11 is 0. The van der Waals surface area contributed by atoms with Crippen LogP contribution < -0.4 is 10.2 Å². The summed E-state index contributed by atoms with van der Waals surface area (Å²) in [6.07, 6.45) is 6.04. The zero-order valence-corrected chi connectivity index (χ0v) is 18.9. The first kappa shape index (κ1) is 22.2. The van der Waals surface area contributed by atoms with E-state index in [1.54, 1.807) is 18.2 Å². The van der Waals surface area contributed by atoms with Crippen molar-refractivity contribution in [2.45, 2.75) is 46.0 Å². The van der Waals surface area contributed by atoms with E-state index in [2.05, 4.69) is 10.2 Å². The SMILES string of the molecule is Cc1ccc(C)c(N2C(=O)c3ccc(C(=O)NCCCN4CCCCCC4)cc3C2=O)c1. The number of nitrogens with one attached hydrogen (secondary N) is 1. The van der Waals surface area contributed by atoms with Gasteiger partial charge in [-0.1, -0.05) is 25.0 Å². The maximum Gasteiger partial charge on any atom is 0.266 e. The monoisotopic (exact) mass is 433 g/mol. The Hall–Kier alpha value is -2.99. The Balaban J connectivity index is 1.40. The van der Waals surface area contributed by atoms with Crippen molar-refractivity contribution >= 4 is 23.4 Å². The van der Waals surface area contributed by atoms with E-state index < -0.39 is 0 Å². The van der Waals surface area contributed by atoms with Crippen LogP contribution in [0.3, 0.4) is 0 Å². The van der Waals surface area contributed by atoms with Crippen LogP contribution in [0.2, 0.25) is 0 Å². The molecule has 0 spiro atoms. The average molecular weight is 434 g/mol. The fourth-order valence-corrected chi connectivity index (χ4v) is 4.53. The highest BCUT2D eigenvalue weighted by molar-refractivity contribution is 6.35. The van der Waals surface area contributed by atoms with Gasteiger partial charge in [0.25, 0.3) is 17.7 Å². The van der Waals surface area contributed by atoms with Crippen molar-refractivity contribution in [3.63, 3.8) is 0 Å². The first-order chi connectivity index (χ1) is 15.5. The maximum atomic E-state index is 13.1. The fourth-order valence-electron chi connectivity index (χ4n) is 4.53. The van der Waals surface area contributed by atoms with Gasteiger partial charge in [-0.3, -0.25) is 14.4 Å². The van der Waals surface area contributed by atoms with Crippen molar-refractivity contribution in [2.75, 3.05) is 31.1 Å². The minimum atomic E-state index is -0.380. The molecule has 3 amide bonds. The first-order valence-corrected chi connectivity index (χ1v) is 11.6. The molecule has 2 aliphatic heterocycles. The molecule has 168 valence electrons. The third kappa shape index (κ3) is 4.60. The Morgan fingerprint density at radius 1 is 0.906 bits per heavy atom. The van der Waals surface area contributed by atoms with E-state index in [1.807, 2.05) is 32.0 Å². The second-order valence-electron chi connectivity index (χ2n) is 8.86. The van der Waals surface area contributed by atoms with Gasteiger partial charge in [0.1, 0.15) is 0 Å². The largest absolute Gasteiger partial charge is 0.352 e. The molecule has 0 aliphatic carbocycles. The summed E-state index contributed by atoms with van der Waals surface area (Å²) in [6.45, 7) is 7.67. The predicted octanol–water partition coefficient (Wildman–Crippen LogP) is 4.10. The second-order valence-corrected chi connectivity index (χ2v) is 8.86. The van der Waals surface area contributed by atoms with Gasteiger partial charge < -0.3 is 10.2 Å². The van der Waals surface area contributed by atoms with E-state index in [1.165, 1.54) is 30.6 Å². The molecule has 6 nitrogen and oxygen atoms in total. The number of anilines is 1. The smallest absolute Gasteiger partial charge is 0.266 e. The zero-order chi connectivity index (χ0) is 22.7. The number of aryl methyl sites for hydroxylation is 2. The van der Waals surface area contributed by atoms with Crippen LogP contribution in [-0.4, -0.2) is 48.8 Å². The molecular formula is C26H31N3O3. The highest BCUT2D eigenvalue weighted by Gasteiger charge is 2.37. The third-order valence-corrected chi connectivity index (χ3v) is 6.39. The summed E-state index contributed by atoms with van der Waals surface area (Å²) < 4.78 is 0. The molecular weight excluding hydrogens is 402 g/mol. The van der Waals surface area contributed by atoms with E-state index in [4.69, 9.17) is 0 Å². The molecule has 32 heavy (non-hydrogen) atoms. The number of hydrogen-bond acceptors (Lipinski definition) is 4. The lowest BCUT2D eigenvalue weighted by Gasteiger charge is -2.19. The van der Waals surface area contributed by atoms with E-state index in [-0.39, 0.29) is 23.3 Å². The van der Waals surface area contributed by atoms with Gasteiger partial charge in [0.2, 0.25) is 0 Å². The van der Waals surface area contributed by atoms with Crippen molar-refractivity contribution in [1.29, 1.82) is 0 Å². The van der Waals surface area contributed by atoms with Crippen LogP contribution in [0.4, 0.5) is 5.69 Å². The lowest BCUT2D eigenvalue weighted by Crippen LogP contribution is -2.30. The Labute approximate surface area is 189 Å². The Kier molecular flexibility index (Phi) is 6.70. The average Bonchev–Trinajstić information content (AvgIpc) is 2.95. The minimum absolute atomic E-state index is 0.214. The Bertz CT molecular complexity index is 1040. The summed E-state index contributed by atoms with van der Waals surface area (Å²) in [5.74, 6) is -0.938. The van der Waals surface area contributed by atoms with Gasteiger partial charge >= 0.3 is 0 Å². The quantitative estimate of drug-likeness (QED) is 0.550. The number of imide groups is 1. The van der Waals surface area contributed by atoms with Gasteiger partial charge in [-0.15, -0.1) is 0 Å². The van der Waals surface area contributed by atoms with Gasteiger partial charge in [0, 0.05) is 12.1 Å². The minimum Gasteiger partial charge on any atom is -0.352 e. The van der Waals surface area contributed by atoms with E-state index in [0.717, 1.165) is 37.2 Å². The van der Waals surface area contributed by atoms with Crippen molar-refractivity contribution in [1.82, 2.24) is 10.2 Å². The third-order valence-electron chi connectivity index (χ3n) is 6.39. The van der Waals surface area contributed by atoms with Gasteiger partial charge in [-0.25, -0.2) is 4.90 Å². The van der Waals surface area contributed by atoms with E-state index in [9.17, 15) is 14.4 Å². The Morgan fingerprint density at radius 3 is 2.38 bits per heavy atom. The molecule has 6 heteroatoms. The molecule has 4 rings (SSSR count). The fraction of sp³-hybridized carbons (Fsp3) is 0.423. The van der Waals surface area contributed by atoms with Crippen LogP contribution in [-0.2, 0) is 0 Å². The van der Waals surface area contributed by atoms with Gasteiger partial charge in [-0.05, 0) is 88.1 Å². The molecule has 0 unspecified atom stereocenters. The van der Waals surface area contributed by atoms with Crippen LogP contribution in [0.15, 0.2) is 36.4 Å². The molecule has 1 N–H and O–H groups in total. The molecule has 0 bridgehead atoms. The normalized spacial score (nSPS) is 16.8. The Morgan fingerprint density at radius 2 is 1.62 bits per heavy atom. The van der Waals surface area contributed by atoms with Crippen LogP contribution in [0.1, 0.15) is 74.3 Å². The first-order valence-electron chi connectivity index (χ1n) is 11.6. The van der Waals surface area contributed by atoms with Crippen molar-refractivity contribution in [3.05, 3.63) is 64.2 Å². The summed E-state index contributed by atoms with van der Waals surface area (Å²) in [7, 11) is 0. The van der Waals surface area contributed by atoms with Gasteiger partial charge in [0.05, 0.1) is 16.8 Å². The standard InChI is InChI=1S/C26H31N3O3/c1-18-8-9-19(2)23(16-18)29-25(31)21-11-10-20(17-22(21)26(29)32)24(30)27-12-7-15-28-13-5-3-4-6-14-28/h8-11,16-17H,3-7,12-15H2,1-2H3,(H,27,30). The number of rotatable bonds is 6. The predicted molar refractivity (Wildman–Crippen MR) is 125 cm³/mol. The number of likely N-dealkylation sites (tertiary alicyclic amines) is 1. The lowest BCUT2D eigenvalue weighted by molar-refractivity contribution is 0.0923. The molecule has 0 saturated carbocycles. The van der Waals surface area contributed by atoms with Crippen molar-refractivity contribution in [3.8, 4) is 0 Å². The highest BCUT2D eigenvalue weighted by Crippen LogP contribution is 2.31. The number of fused-ring (bicyclic) bond motifs is 1. The maximum absolute atomic E-state index is 13.1. The number of amides is 3. The van der Waals surface area contributed by atoms with Gasteiger partial charge in [0.15, 0.2) is 0 Å². The van der Waals surface area contributed by atoms with Crippen LogP contribution in [0, 0.1) is 13.8 Å². The molecule has 1 saturated heterocycles. The van der Waals surface area contributed by atoms with E-state index in [0.29, 0.717) is 23.4 Å². The lowest BCUT2D eigenvalue weighted by atomic mass is 10.1. The molecule has 0 atom stereocenters. The molecule has 2 aromatic rings. The number of hydrogen-bond donors (Lipinski definition) is 1. The topological polar surface area (TPSA) is 69.7 Å². The van der Waals surface area contributed by atoms with Crippen LogP contribution in [0.5, 0.6) is 0 Å². The summed E-state index contributed by atoms with van der Waals surface area (Å²) in [6, 6.07) is 10.5. The van der Waals surface area contributed by atoms with E-state index >= 15 is 0 Å². The molecule has 1 fully saturated rings. The van der Waals surface area contributed by atoms with Gasteiger partial charge in [-0.2, -0.15) is 0 Å². The van der Waals surface area contributed by atoms with Crippen molar-refractivity contribution < 1.29 is 14.4 Å². The second kappa shape index (κ2) is 9.65. The highest BCUT2D eigenvalue weighted by atomic mass is 16.2. The van der Waals surface area contributed by atoms with Crippen molar-refractivity contribution in [2.24, 2.45) is 0 Å². The number of carbonyl (C=O) groups is 3. The molecule has 2 aromatic carbocycles. The summed E-state index contributed by atoms with van der Waals surface area (Å²) in [5.41, 5.74) is 3.45. The van der Waals surface area contributed by atoms with Crippen LogP contribution in [0.25, 0.3) is 0 Å². The van der Waals surface area contributed by atoms with Crippen LogP contribution >= 0.6 is 0 Å². The molecule has 0 aromatic heterocycles. The number of benzene rings is 2. The number of nitrogens with zero attached hydrogens (tertiary/aromatic N) is 2. The summed E-state index contributed by atoms with van der Waals surface area (Å²) in [4.78, 5) is 42.4. The molecule has 0 radical (unpaired) electrons. The number of carbonyl (C=O) groups excluding carboxylic acids is 3. The summed E-state index contributed by atoms with van der Waals surface area (Å²) in [5, 5.41) is 2.96. The molecule has 2 aliphatic rings. The molecule has 2 heterocycles.